The van der Waals surface area contributed by atoms with Crippen molar-refractivity contribution >= 4 is 23.2 Å². The fraction of sp³-hybridized carbons (Fsp3) is 0.200. The quantitative estimate of drug-likeness (QED) is 0.545. The fourth-order valence-corrected chi connectivity index (χ4v) is 3.14. The highest BCUT2D eigenvalue weighted by atomic mass is 16.2. The number of hydrogen-bond donors (Lipinski definition) is 2. The van der Waals surface area contributed by atoms with E-state index < -0.39 is 0 Å². The molecule has 0 fully saturated rings. The molecule has 0 aliphatic rings. The van der Waals surface area contributed by atoms with Crippen molar-refractivity contribution in [1.82, 2.24) is 0 Å². The molecule has 29 heavy (non-hydrogen) atoms. The van der Waals surface area contributed by atoms with Gasteiger partial charge >= 0.3 is 0 Å². The number of benzene rings is 3. The van der Waals surface area contributed by atoms with Crippen LogP contribution in [0.2, 0.25) is 0 Å². The second-order valence-electron chi connectivity index (χ2n) is 7.20. The predicted molar refractivity (Wildman–Crippen MR) is 119 cm³/mol. The summed E-state index contributed by atoms with van der Waals surface area (Å²) in [5, 5.41) is 5.93. The zero-order valence-corrected chi connectivity index (χ0v) is 17.0. The number of nitrogens with one attached hydrogen (secondary N) is 2. The van der Waals surface area contributed by atoms with Crippen LogP contribution in [0.5, 0.6) is 0 Å². The summed E-state index contributed by atoms with van der Waals surface area (Å²) in [6.07, 6.45) is 0.993. The van der Waals surface area contributed by atoms with E-state index in [4.69, 9.17) is 0 Å². The van der Waals surface area contributed by atoms with Gasteiger partial charge in [0.1, 0.15) is 0 Å². The van der Waals surface area contributed by atoms with E-state index in [9.17, 15) is 9.59 Å². The summed E-state index contributed by atoms with van der Waals surface area (Å²) in [6, 6.07) is 22.2. The first-order chi connectivity index (χ1) is 14.0. The van der Waals surface area contributed by atoms with Crippen molar-refractivity contribution in [2.24, 2.45) is 0 Å². The van der Waals surface area contributed by atoms with Gasteiger partial charge in [-0.05, 0) is 60.7 Å². The molecule has 2 N–H and O–H groups in total. The van der Waals surface area contributed by atoms with Gasteiger partial charge in [0.2, 0.25) is 0 Å². The standard InChI is InChI=1S/C25H26N2O2/c1-4-17(2)21-12-8-9-13-22(21)26-25(29)20-15-14-18(3)23(16-20)27-24(28)19-10-6-5-7-11-19/h5-17H,4H2,1-3H3,(H,26,29)(H,27,28). The third kappa shape index (κ3) is 4.91. The highest BCUT2D eigenvalue weighted by Gasteiger charge is 2.14. The summed E-state index contributed by atoms with van der Waals surface area (Å²) in [4.78, 5) is 25.4. The van der Waals surface area contributed by atoms with Gasteiger partial charge < -0.3 is 10.6 Å². The summed E-state index contributed by atoms with van der Waals surface area (Å²) in [6.45, 7) is 6.18. The number of amides is 2. The molecule has 0 bridgehead atoms. The number of carbonyl (C=O) groups excluding carboxylic acids is 2. The lowest BCUT2D eigenvalue weighted by atomic mass is 9.96. The third-order valence-corrected chi connectivity index (χ3v) is 5.14. The molecule has 1 atom stereocenters. The molecule has 3 aromatic rings. The molecule has 0 radical (unpaired) electrons. The Labute approximate surface area is 172 Å². The van der Waals surface area contributed by atoms with Crippen molar-refractivity contribution in [2.75, 3.05) is 10.6 Å². The number of rotatable bonds is 6. The third-order valence-electron chi connectivity index (χ3n) is 5.14. The lowest BCUT2D eigenvalue weighted by molar-refractivity contribution is 0.101. The zero-order valence-electron chi connectivity index (χ0n) is 17.0. The van der Waals surface area contributed by atoms with E-state index in [1.165, 1.54) is 0 Å². The SMILES string of the molecule is CCC(C)c1ccccc1NC(=O)c1ccc(C)c(NC(=O)c2ccccc2)c1. The van der Waals surface area contributed by atoms with Crippen LogP contribution >= 0.6 is 0 Å². The number of carbonyl (C=O) groups is 2. The molecule has 0 aliphatic heterocycles. The Balaban J connectivity index is 1.81. The molecule has 0 spiro atoms. The minimum absolute atomic E-state index is 0.198. The van der Waals surface area contributed by atoms with E-state index in [0.717, 1.165) is 23.2 Å². The van der Waals surface area contributed by atoms with E-state index in [-0.39, 0.29) is 11.8 Å². The van der Waals surface area contributed by atoms with Gasteiger partial charge in [-0.1, -0.05) is 56.3 Å². The highest BCUT2D eigenvalue weighted by molar-refractivity contribution is 6.08. The van der Waals surface area contributed by atoms with Crippen LogP contribution < -0.4 is 10.6 Å². The van der Waals surface area contributed by atoms with E-state index >= 15 is 0 Å². The van der Waals surface area contributed by atoms with Crippen LogP contribution in [-0.4, -0.2) is 11.8 Å². The molecular formula is C25H26N2O2. The van der Waals surface area contributed by atoms with Crippen LogP contribution in [0.4, 0.5) is 11.4 Å². The largest absolute Gasteiger partial charge is 0.322 e. The normalized spacial score (nSPS) is 11.6. The van der Waals surface area contributed by atoms with Gasteiger partial charge in [0.25, 0.3) is 11.8 Å². The Morgan fingerprint density at radius 2 is 1.41 bits per heavy atom. The Kier molecular flexibility index (Phi) is 6.45. The van der Waals surface area contributed by atoms with Gasteiger partial charge in [0.15, 0.2) is 0 Å². The molecular weight excluding hydrogens is 360 g/mol. The van der Waals surface area contributed by atoms with Crippen LogP contribution in [0.1, 0.15) is 58.0 Å². The van der Waals surface area contributed by atoms with Crippen LogP contribution in [0, 0.1) is 6.92 Å². The van der Waals surface area contributed by atoms with E-state index in [0.29, 0.717) is 22.7 Å². The maximum Gasteiger partial charge on any atom is 0.255 e. The second kappa shape index (κ2) is 9.20. The summed E-state index contributed by atoms with van der Waals surface area (Å²) < 4.78 is 0. The molecule has 3 aromatic carbocycles. The van der Waals surface area contributed by atoms with Gasteiger partial charge in [0, 0.05) is 22.5 Å². The summed E-state index contributed by atoms with van der Waals surface area (Å²) in [5.41, 5.74) is 4.53. The average Bonchev–Trinajstić information content (AvgIpc) is 2.75. The second-order valence-corrected chi connectivity index (χ2v) is 7.20. The number of hydrogen-bond acceptors (Lipinski definition) is 2. The van der Waals surface area contributed by atoms with Crippen LogP contribution in [0.3, 0.4) is 0 Å². The van der Waals surface area contributed by atoms with E-state index in [1.807, 2.05) is 55.5 Å². The molecule has 148 valence electrons. The molecule has 4 nitrogen and oxygen atoms in total. The molecule has 0 saturated heterocycles. The predicted octanol–water partition coefficient (Wildman–Crippen LogP) is 6.01. The number of aryl methyl sites for hydroxylation is 1. The summed E-state index contributed by atoms with van der Waals surface area (Å²) in [5.74, 6) is -0.0467. The van der Waals surface area contributed by atoms with Gasteiger partial charge in [-0.3, -0.25) is 9.59 Å². The van der Waals surface area contributed by atoms with Crippen LogP contribution in [0.15, 0.2) is 72.8 Å². The van der Waals surface area contributed by atoms with Crippen molar-refractivity contribution < 1.29 is 9.59 Å². The Bertz CT molecular complexity index is 1010. The van der Waals surface area contributed by atoms with Crippen molar-refractivity contribution in [3.63, 3.8) is 0 Å². The maximum absolute atomic E-state index is 12.9. The molecule has 0 aromatic heterocycles. The minimum Gasteiger partial charge on any atom is -0.322 e. The van der Waals surface area contributed by atoms with Crippen LogP contribution in [0.25, 0.3) is 0 Å². The molecule has 0 heterocycles. The topological polar surface area (TPSA) is 58.2 Å². The smallest absolute Gasteiger partial charge is 0.255 e. The fourth-order valence-electron chi connectivity index (χ4n) is 3.14. The average molecular weight is 386 g/mol. The zero-order chi connectivity index (χ0) is 20.8. The Morgan fingerprint density at radius 3 is 2.14 bits per heavy atom. The van der Waals surface area contributed by atoms with Gasteiger partial charge in [0.05, 0.1) is 0 Å². The van der Waals surface area contributed by atoms with Crippen molar-refractivity contribution in [2.45, 2.75) is 33.1 Å². The summed E-state index contributed by atoms with van der Waals surface area (Å²) >= 11 is 0. The van der Waals surface area contributed by atoms with Gasteiger partial charge in [-0.2, -0.15) is 0 Å². The molecule has 2 amide bonds. The number of para-hydroxylation sites is 1. The van der Waals surface area contributed by atoms with E-state index in [2.05, 4.69) is 24.5 Å². The van der Waals surface area contributed by atoms with Crippen LogP contribution in [-0.2, 0) is 0 Å². The molecule has 4 heteroatoms. The number of anilines is 2. The minimum atomic E-state index is -0.201. The highest BCUT2D eigenvalue weighted by Crippen LogP contribution is 2.27. The molecule has 0 saturated carbocycles. The Morgan fingerprint density at radius 1 is 0.793 bits per heavy atom. The first-order valence-electron chi connectivity index (χ1n) is 9.87. The lowest BCUT2D eigenvalue weighted by Gasteiger charge is -2.16. The maximum atomic E-state index is 12.9. The Hall–Kier alpha value is -3.40. The van der Waals surface area contributed by atoms with Crippen molar-refractivity contribution in [3.8, 4) is 0 Å². The monoisotopic (exact) mass is 386 g/mol. The first-order valence-corrected chi connectivity index (χ1v) is 9.87. The van der Waals surface area contributed by atoms with Gasteiger partial charge in [-0.25, -0.2) is 0 Å². The molecule has 0 aliphatic carbocycles. The van der Waals surface area contributed by atoms with Crippen molar-refractivity contribution in [3.05, 3.63) is 95.1 Å². The van der Waals surface area contributed by atoms with Gasteiger partial charge in [-0.15, -0.1) is 0 Å². The first kappa shape index (κ1) is 20.3. The lowest BCUT2D eigenvalue weighted by Crippen LogP contribution is -2.16. The summed E-state index contributed by atoms with van der Waals surface area (Å²) in [7, 11) is 0. The molecule has 1 unspecified atom stereocenters. The molecule has 3 rings (SSSR count). The van der Waals surface area contributed by atoms with E-state index in [1.54, 1.807) is 24.3 Å². The van der Waals surface area contributed by atoms with Crippen molar-refractivity contribution in [1.29, 1.82) is 0 Å².